The van der Waals surface area contributed by atoms with E-state index in [1.54, 1.807) is 25.1 Å². The molecule has 46 heavy (non-hydrogen) atoms. The SMILES string of the molecule is CCCN[C@@H]1C(O)=C(C(N)=O)C(=O)C2C(O)=C3C(=O)c4c(ccc(NC(=O)Nc5cccc6ccccc56)c4O)[C@H](C)C3[C@H](O)C21. The number of hydrogen-bond donors (Lipinski definition) is 8. The van der Waals surface area contributed by atoms with Crippen LogP contribution in [0.15, 0.2) is 77.3 Å². The molecule has 6 rings (SSSR count). The van der Waals surface area contributed by atoms with Crippen molar-refractivity contribution in [1.82, 2.24) is 5.32 Å². The third-order valence-electron chi connectivity index (χ3n) is 9.37. The van der Waals surface area contributed by atoms with E-state index in [1.165, 1.54) is 6.07 Å². The molecule has 0 fully saturated rings. The van der Waals surface area contributed by atoms with Crippen molar-refractivity contribution in [1.29, 1.82) is 0 Å². The van der Waals surface area contributed by atoms with Crippen molar-refractivity contribution in [2.45, 2.75) is 38.3 Å². The van der Waals surface area contributed by atoms with Gasteiger partial charge in [-0.15, -0.1) is 0 Å². The molecule has 9 N–H and O–H groups in total. The molecule has 238 valence electrons. The first-order valence-corrected chi connectivity index (χ1v) is 15.1. The number of aromatic hydroxyl groups is 1. The number of primary amides is 1. The zero-order valence-electron chi connectivity index (χ0n) is 25.1. The molecule has 12 nitrogen and oxygen atoms in total. The van der Waals surface area contributed by atoms with E-state index in [-0.39, 0.29) is 16.8 Å². The number of rotatable bonds is 6. The maximum absolute atomic E-state index is 14.1. The molecular weight excluding hydrogens is 592 g/mol. The summed E-state index contributed by atoms with van der Waals surface area (Å²) in [4.78, 5) is 52.8. The number of benzene rings is 3. The van der Waals surface area contributed by atoms with E-state index in [2.05, 4.69) is 16.0 Å². The number of carbonyl (C=O) groups excluding carboxylic acids is 4. The molecule has 3 unspecified atom stereocenters. The molecule has 0 saturated heterocycles. The van der Waals surface area contributed by atoms with Crippen LogP contribution in [0.2, 0.25) is 0 Å². The summed E-state index contributed by atoms with van der Waals surface area (Å²) >= 11 is 0. The van der Waals surface area contributed by atoms with Crippen LogP contribution in [-0.4, -0.2) is 62.6 Å². The minimum Gasteiger partial charge on any atom is -0.511 e. The van der Waals surface area contributed by atoms with Gasteiger partial charge in [-0.05, 0) is 42.0 Å². The van der Waals surface area contributed by atoms with Crippen LogP contribution in [0.4, 0.5) is 16.2 Å². The van der Waals surface area contributed by atoms with Gasteiger partial charge in [-0.1, -0.05) is 56.3 Å². The van der Waals surface area contributed by atoms with Gasteiger partial charge in [0.05, 0.1) is 35.0 Å². The number of fused-ring (bicyclic) bond motifs is 4. The molecule has 0 heterocycles. The van der Waals surface area contributed by atoms with Gasteiger partial charge in [-0.25, -0.2) is 4.79 Å². The van der Waals surface area contributed by atoms with Crippen LogP contribution in [0, 0.1) is 17.8 Å². The number of aliphatic hydroxyl groups excluding tert-OH is 3. The molecule has 3 aliphatic carbocycles. The number of nitrogens with one attached hydrogen (secondary N) is 3. The van der Waals surface area contributed by atoms with Gasteiger partial charge in [0.2, 0.25) is 0 Å². The Morgan fingerprint density at radius 2 is 1.61 bits per heavy atom. The topological polar surface area (TPSA) is 211 Å². The molecule has 0 aromatic heterocycles. The lowest BCUT2D eigenvalue weighted by Crippen LogP contribution is -2.59. The quantitative estimate of drug-likeness (QED) is 0.148. The van der Waals surface area contributed by atoms with Crippen molar-refractivity contribution in [2.24, 2.45) is 23.5 Å². The zero-order valence-corrected chi connectivity index (χ0v) is 25.1. The third-order valence-corrected chi connectivity index (χ3v) is 9.37. The highest BCUT2D eigenvalue weighted by Gasteiger charge is 2.59. The molecule has 0 bridgehead atoms. The average molecular weight is 627 g/mol. The smallest absolute Gasteiger partial charge is 0.323 e. The number of nitrogens with two attached hydrogens (primary N) is 1. The van der Waals surface area contributed by atoms with Gasteiger partial charge in [-0.3, -0.25) is 14.4 Å². The Balaban J connectivity index is 1.38. The standard InChI is InChI=1S/C34H34N4O8/c1-3-13-36-26-22-24(31(43)25(32(26)44)33(35)45)30(42)23-20(28(22)40)14(2)16-11-12-19(27(39)21(16)29(23)41)38-34(46)37-18-10-6-8-15-7-4-5-9-17(15)18/h4-12,14,20,22,24,26,28,36,39-40,42,44H,3,13H2,1-2H3,(H2,35,45)(H2,37,38,46)/t14-,20?,22?,24?,26-,28-/m0/s1. The Labute approximate surface area is 263 Å². The molecule has 3 amide bonds. The summed E-state index contributed by atoms with van der Waals surface area (Å²) in [5.41, 5.74) is 5.05. The number of carbonyl (C=O) groups is 4. The predicted molar refractivity (Wildman–Crippen MR) is 170 cm³/mol. The van der Waals surface area contributed by atoms with Crippen LogP contribution in [0.25, 0.3) is 10.8 Å². The van der Waals surface area contributed by atoms with Crippen LogP contribution in [0.1, 0.15) is 42.1 Å². The Bertz CT molecular complexity index is 1880. The zero-order chi connectivity index (χ0) is 33.0. The van der Waals surface area contributed by atoms with E-state index in [4.69, 9.17) is 5.73 Å². The minimum absolute atomic E-state index is 0.0775. The highest BCUT2D eigenvalue weighted by molar-refractivity contribution is 6.22. The minimum atomic E-state index is -1.55. The number of hydrogen-bond acceptors (Lipinski definition) is 9. The molecule has 3 aromatic rings. The van der Waals surface area contributed by atoms with Crippen LogP contribution in [0.3, 0.4) is 0 Å². The molecule has 0 aliphatic heterocycles. The van der Waals surface area contributed by atoms with Crippen molar-refractivity contribution < 1.29 is 39.6 Å². The monoisotopic (exact) mass is 626 g/mol. The third kappa shape index (κ3) is 4.68. The lowest BCUT2D eigenvalue weighted by atomic mass is 9.57. The van der Waals surface area contributed by atoms with Gasteiger partial charge < -0.3 is 42.1 Å². The number of amides is 3. The summed E-state index contributed by atoms with van der Waals surface area (Å²) in [5.74, 6) is -9.24. The fourth-order valence-corrected chi connectivity index (χ4v) is 7.29. The summed E-state index contributed by atoms with van der Waals surface area (Å²) in [5, 5.41) is 55.7. The molecule has 0 spiro atoms. The van der Waals surface area contributed by atoms with E-state index in [0.717, 1.165) is 10.8 Å². The Morgan fingerprint density at radius 3 is 2.33 bits per heavy atom. The second kappa shape index (κ2) is 11.6. The van der Waals surface area contributed by atoms with Crippen molar-refractivity contribution in [2.75, 3.05) is 17.2 Å². The fraction of sp³-hybridized carbons (Fsp3) is 0.294. The van der Waals surface area contributed by atoms with Gasteiger partial charge in [0.15, 0.2) is 17.3 Å². The molecule has 6 atom stereocenters. The summed E-state index contributed by atoms with van der Waals surface area (Å²) in [7, 11) is 0. The van der Waals surface area contributed by atoms with Gasteiger partial charge in [0, 0.05) is 22.8 Å². The van der Waals surface area contributed by atoms with Crippen molar-refractivity contribution in [3.8, 4) is 5.75 Å². The molecule has 3 aliphatic rings. The Kier molecular flexibility index (Phi) is 7.78. The first kappa shape index (κ1) is 30.8. The van der Waals surface area contributed by atoms with E-state index < -0.39 is 82.2 Å². The van der Waals surface area contributed by atoms with Gasteiger partial charge in [0.25, 0.3) is 5.91 Å². The van der Waals surface area contributed by atoms with Crippen LogP contribution in [0.5, 0.6) is 5.75 Å². The highest BCUT2D eigenvalue weighted by atomic mass is 16.3. The maximum atomic E-state index is 14.1. The van der Waals surface area contributed by atoms with E-state index in [9.17, 15) is 39.6 Å². The van der Waals surface area contributed by atoms with Gasteiger partial charge >= 0.3 is 6.03 Å². The lowest BCUT2D eigenvalue weighted by Gasteiger charge is -2.49. The summed E-state index contributed by atoms with van der Waals surface area (Å²) in [6.07, 6.45) is -0.810. The second-order valence-corrected chi connectivity index (χ2v) is 11.9. The lowest BCUT2D eigenvalue weighted by molar-refractivity contribution is -0.130. The molecule has 0 radical (unpaired) electrons. The second-order valence-electron chi connectivity index (χ2n) is 11.9. The Hall–Kier alpha value is -5.20. The first-order chi connectivity index (χ1) is 22.0. The largest absolute Gasteiger partial charge is 0.511 e. The number of Topliss-reactive ketones (excluding diaryl/α,β-unsaturated/α-hetero) is 2. The summed E-state index contributed by atoms with van der Waals surface area (Å²) in [6, 6.07) is 14.1. The van der Waals surface area contributed by atoms with Crippen LogP contribution < -0.4 is 21.7 Å². The predicted octanol–water partition coefficient (Wildman–Crippen LogP) is 3.77. The molecular formula is C34H34N4O8. The number of ketones is 2. The summed E-state index contributed by atoms with van der Waals surface area (Å²) in [6.45, 7) is 3.92. The van der Waals surface area contributed by atoms with E-state index >= 15 is 0 Å². The normalized spacial score (nSPS) is 25.5. The number of urea groups is 1. The van der Waals surface area contributed by atoms with Gasteiger partial charge in [-0.2, -0.15) is 0 Å². The van der Waals surface area contributed by atoms with Crippen LogP contribution in [-0.2, 0) is 9.59 Å². The first-order valence-electron chi connectivity index (χ1n) is 15.1. The maximum Gasteiger partial charge on any atom is 0.323 e. The summed E-state index contributed by atoms with van der Waals surface area (Å²) < 4.78 is 0. The molecule has 0 saturated carbocycles. The van der Waals surface area contributed by atoms with Crippen molar-refractivity contribution in [3.05, 3.63) is 88.4 Å². The number of anilines is 2. The van der Waals surface area contributed by atoms with Crippen LogP contribution >= 0.6 is 0 Å². The van der Waals surface area contributed by atoms with Gasteiger partial charge in [0.1, 0.15) is 17.1 Å². The number of allylic oxidation sites excluding steroid dienone is 1. The fourth-order valence-electron chi connectivity index (χ4n) is 7.29. The number of aliphatic hydroxyl groups is 3. The highest BCUT2D eigenvalue weighted by Crippen LogP contribution is 2.54. The van der Waals surface area contributed by atoms with E-state index in [0.29, 0.717) is 24.2 Å². The Morgan fingerprint density at radius 1 is 0.913 bits per heavy atom. The molecule has 3 aromatic carbocycles. The number of phenols is 1. The van der Waals surface area contributed by atoms with Crippen molar-refractivity contribution >= 4 is 45.7 Å². The van der Waals surface area contributed by atoms with Crippen molar-refractivity contribution in [3.63, 3.8) is 0 Å². The number of phenolic OH excluding ortho intramolecular Hbond substituents is 1. The van der Waals surface area contributed by atoms with E-state index in [1.807, 2.05) is 37.3 Å². The average Bonchev–Trinajstić information content (AvgIpc) is 3.02. The molecule has 12 heteroatoms.